The SMILES string of the molecule is CCCCCC/C=C\C/C=C\CCCCCCCC(=O)OCCCCCCCCCCCCCCCCCC(=O)NC(COC1OC(CO)C(O)C(O)C1O)C(O)/C=C/CCCCCCCCC. The Hall–Kier alpha value is -2.12. The summed E-state index contributed by atoms with van der Waals surface area (Å²) < 4.78 is 16.7. The number of carbonyl (C=O) groups excluding carboxylic acids is 2. The van der Waals surface area contributed by atoms with Crippen LogP contribution in [0, 0.1) is 0 Å². The number of esters is 1. The van der Waals surface area contributed by atoms with Gasteiger partial charge in [-0.2, -0.15) is 0 Å². The molecule has 1 amide bonds. The van der Waals surface area contributed by atoms with E-state index in [0.717, 1.165) is 83.5 Å². The van der Waals surface area contributed by atoms with Gasteiger partial charge in [0.25, 0.3) is 0 Å². The maximum absolute atomic E-state index is 13.0. The molecule has 68 heavy (non-hydrogen) atoms. The van der Waals surface area contributed by atoms with E-state index in [4.69, 9.17) is 14.2 Å². The van der Waals surface area contributed by atoms with Gasteiger partial charge in [0, 0.05) is 12.8 Å². The number of allylic oxidation sites excluding steroid dienone is 5. The molecule has 0 spiro atoms. The number of unbranched alkanes of at least 4 members (excludes halogenated alkanes) is 30. The average Bonchev–Trinajstić information content (AvgIpc) is 3.33. The van der Waals surface area contributed by atoms with E-state index in [1.807, 2.05) is 6.08 Å². The molecule has 0 aromatic carbocycles. The Morgan fingerprint density at radius 3 is 1.50 bits per heavy atom. The zero-order chi connectivity index (χ0) is 49.6. The van der Waals surface area contributed by atoms with E-state index in [1.54, 1.807) is 6.08 Å². The fraction of sp³-hybridized carbons (Fsp3) is 0.860. The van der Waals surface area contributed by atoms with Crippen LogP contribution in [0.4, 0.5) is 0 Å². The van der Waals surface area contributed by atoms with Crippen molar-refractivity contribution in [1.82, 2.24) is 5.32 Å². The highest BCUT2D eigenvalue weighted by Gasteiger charge is 2.44. The molecule has 1 fully saturated rings. The molecule has 11 nitrogen and oxygen atoms in total. The van der Waals surface area contributed by atoms with Crippen LogP contribution in [0.1, 0.15) is 251 Å². The van der Waals surface area contributed by atoms with E-state index in [0.29, 0.717) is 19.4 Å². The Morgan fingerprint density at radius 1 is 0.544 bits per heavy atom. The molecule has 0 aromatic heterocycles. The van der Waals surface area contributed by atoms with Crippen molar-refractivity contribution in [2.45, 2.75) is 294 Å². The Kier molecular flexibility index (Phi) is 44.4. The quantitative estimate of drug-likeness (QED) is 0.0196. The minimum atomic E-state index is -1.57. The Balaban J connectivity index is 2.06. The normalized spacial score (nSPS) is 19.7. The van der Waals surface area contributed by atoms with Crippen LogP contribution in [0.2, 0.25) is 0 Å². The third kappa shape index (κ3) is 36.8. The second kappa shape index (κ2) is 47.2. The predicted molar refractivity (Wildman–Crippen MR) is 278 cm³/mol. The number of aliphatic hydroxyl groups excluding tert-OH is 5. The van der Waals surface area contributed by atoms with Gasteiger partial charge in [-0.25, -0.2) is 0 Å². The summed E-state index contributed by atoms with van der Waals surface area (Å²) in [6.45, 7) is 4.25. The minimum absolute atomic E-state index is 0.0326. The highest BCUT2D eigenvalue weighted by Crippen LogP contribution is 2.23. The number of hydrogen-bond acceptors (Lipinski definition) is 10. The van der Waals surface area contributed by atoms with Gasteiger partial charge in [-0.1, -0.05) is 211 Å². The van der Waals surface area contributed by atoms with Crippen LogP contribution in [-0.2, 0) is 23.8 Å². The van der Waals surface area contributed by atoms with E-state index >= 15 is 0 Å². The van der Waals surface area contributed by atoms with Gasteiger partial charge in [0.2, 0.25) is 5.91 Å². The highest BCUT2D eigenvalue weighted by molar-refractivity contribution is 5.76. The summed E-state index contributed by atoms with van der Waals surface area (Å²) in [5.74, 6) is -0.226. The summed E-state index contributed by atoms with van der Waals surface area (Å²) in [7, 11) is 0. The number of amides is 1. The molecule has 1 aliphatic rings. The molecule has 1 saturated heterocycles. The molecule has 1 heterocycles. The molecule has 0 aromatic rings. The van der Waals surface area contributed by atoms with Gasteiger partial charge in [-0.15, -0.1) is 0 Å². The zero-order valence-electron chi connectivity index (χ0n) is 43.6. The number of nitrogens with one attached hydrogen (secondary N) is 1. The summed E-state index contributed by atoms with van der Waals surface area (Å²) in [5, 5.41) is 54.1. The maximum Gasteiger partial charge on any atom is 0.305 e. The lowest BCUT2D eigenvalue weighted by atomic mass is 9.99. The van der Waals surface area contributed by atoms with Gasteiger partial charge in [0.15, 0.2) is 6.29 Å². The van der Waals surface area contributed by atoms with Crippen LogP contribution in [0.3, 0.4) is 0 Å². The van der Waals surface area contributed by atoms with E-state index in [-0.39, 0.29) is 18.5 Å². The van der Waals surface area contributed by atoms with Gasteiger partial charge in [0.1, 0.15) is 24.4 Å². The number of aliphatic hydroxyl groups is 5. The van der Waals surface area contributed by atoms with Crippen LogP contribution < -0.4 is 5.32 Å². The lowest BCUT2D eigenvalue weighted by Gasteiger charge is -2.40. The molecular weight excluding hydrogens is 859 g/mol. The first-order chi connectivity index (χ1) is 33.2. The van der Waals surface area contributed by atoms with Crippen molar-refractivity contribution in [2.75, 3.05) is 19.8 Å². The van der Waals surface area contributed by atoms with Crippen molar-refractivity contribution in [3.63, 3.8) is 0 Å². The monoisotopic (exact) mass is 964 g/mol. The first-order valence-electron chi connectivity index (χ1n) is 28.3. The first-order valence-corrected chi connectivity index (χ1v) is 28.3. The van der Waals surface area contributed by atoms with Crippen LogP contribution in [-0.4, -0.2) is 100 Å². The highest BCUT2D eigenvalue weighted by atomic mass is 16.7. The van der Waals surface area contributed by atoms with Crippen molar-refractivity contribution >= 4 is 11.9 Å². The third-order valence-electron chi connectivity index (χ3n) is 13.2. The van der Waals surface area contributed by atoms with Crippen LogP contribution >= 0.6 is 0 Å². The first kappa shape index (κ1) is 63.9. The molecule has 6 N–H and O–H groups in total. The van der Waals surface area contributed by atoms with Gasteiger partial charge in [0.05, 0.1) is 32.0 Å². The molecule has 1 rings (SSSR count). The molecule has 0 bridgehead atoms. The smallest absolute Gasteiger partial charge is 0.305 e. The molecule has 0 aliphatic carbocycles. The van der Waals surface area contributed by atoms with E-state index in [2.05, 4.69) is 43.5 Å². The fourth-order valence-electron chi connectivity index (χ4n) is 8.70. The average molecular weight is 964 g/mol. The molecular formula is C57H105NO10. The topological polar surface area (TPSA) is 175 Å². The van der Waals surface area contributed by atoms with Gasteiger partial charge in [-0.05, 0) is 64.2 Å². The van der Waals surface area contributed by atoms with Crippen molar-refractivity contribution in [2.24, 2.45) is 0 Å². The zero-order valence-corrected chi connectivity index (χ0v) is 43.6. The number of ether oxygens (including phenoxy) is 3. The van der Waals surface area contributed by atoms with Crippen LogP contribution in [0.25, 0.3) is 0 Å². The second-order valence-electron chi connectivity index (χ2n) is 19.6. The second-order valence-corrected chi connectivity index (χ2v) is 19.6. The summed E-state index contributed by atoms with van der Waals surface area (Å²) in [5.41, 5.74) is 0. The molecule has 7 unspecified atom stereocenters. The van der Waals surface area contributed by atoms with Gasteiger partial charge >= 0.3 is 5.97 Å². The Morgan fingerprint density at radius 2 is 0.985 bits per heavy atom. The summed E-state index contributed by atoms with van der Waals surface area (Å²) >= 11 is 0. The van der Waals surface area contributed by atoms with E-state index < -0.39 is 49.5 Å². The summed E-state index contributed by atoms with van der Waals surface area (Å²) in [6.07, 6.45) is 46.6. The molecule has 11 heteroatoms. The standard InChI is InChI=1S/C57H105NO10/c1-3-5-7-9-11-13-14-15-16-19-22-25-29-33-37-41-45-53(62)66-46-42-38-34-30-26-23-20-17-18-21-24-28-32-36-40-44-52(61)58-49(50(60)43-39-35-31-27-12-10-8-6-4-2)48-67-57-56(65)55(64)54(63)51(47-59)68-57/h13-14,16,19,39,43,49-51,54-57,59-60,63-65H,3-12,15,17-18,20-38,40-42,44-48H2,1-2H3,(H,58,61)/b14-13-,19-16-,43-39+. The number of carbonyl (C=O) groups is 2. The largest absolute Gasteiger partial charge is 0.466 e. The van der Waals surface area contributed by atoms with Crippen LogP contribution in [0.15, 0.2) is 36.5 Å². The lowest BCUT2D eigenvalue weighted by molar-refractivity contribution is -0.302. The van der Waals surface area contributed by atoms with Crippen molar-refractivity contribution in [3.05, 3.63) is 36.5 Å². The Labute approximate surface area is 415 Å². The maximum atomic E-state index is 13.0. The van der Waals surface area contributed by atoms with Crippen molar-refractivity contribution in [3.8, 4) is 0 Å². The van der Waals surface area contributed by atoms with Gasteiger partial charge in [-0.3, -0.25) is 9.59 Å². The van der Waals surface area contributed by atoms with Crippen molar-refractivity contribution < 1.29 is 49.3 Å². The summed E-state index contributed by atoms with van der Waals surface area (Å²) in [6, 6.07) is -0.816. The molecule has 1 aliphatic heterocycles. The predicted octanol–water partition coefficient (Wildman–Crippen LogP) is 12.3. The number of hydrogen-bond donors (Lipinski definition) is 6. The molecule has 398 valence electrons. The van der Waals surface area contributed by atoms with E-state index in [1.165, 1.54) is 141 Å². The van der Waals surface area contributed by atoms with Crippen molar-refractivity contribution in [1.29, 1.82) is 0 Å². The Bertz CT molecular complexity index is 1230. The minimum Gasteiger partial charge on any atom is -0.466 e. The number of rotatable bonds is 48. The fourth-order valence-corrected chi connectivity index (χ4v) is 8.70. The molecule has 0 saturated carbocycles. The van der Waals surface area contributed by atoms with Crippen LogP contribution in [0.5, 0.6) is 0 Å². The summed E-state index contributed by atoms with van der Waals surface area (Å²) in [4.78, 5) is 25.1. The van der Waals surface area contributed by atoms with Gasteiger partial charge < -0.3 is 45.1 Å². The van der Waals surface area contributed by atoms with E-state index in [9.17, 15) is 35.1 Å². The third-order valence-corrected chi connectivity index (χ3v) is 13.2. The lowest BCUT2D eigenvalue weighted by Crippen LogP contribution is -2.60. The molecule has 7 atom stereocenters. The molecule has 0 radical (unpaired) electrons.